The molecule has 1 saturated heterocycles. The monoisotopic (exact) mass is 184 g/mol. The van der Waals surface area contributed by atoms with Crippen LogP contribution in [0.25, 0.3) is 0 Å². The highest BCUT2D eigenvalue weighted by molar-refractivity contribution is 7.99. The van der Waals surface area contributed by atoms with Gasteiger partial charge in [-0.15, -0.1) is 0 Å². The molecule has 0 saturated carbocycles. The van der Waals surface area contributed by atoms with Crippen LogP contribution in [0.3, 0.4) is 0 Å². The van der Waals surface area contributed by atoms with Gasteiger partial charge in [0.1, 0.15) is 6.26 Å². The molecule has 2 heterocycles. The maximum atomic E-state index is 5.25. The Morgan fingerprint density at radius 2 is 2.67 bits per heavy atom. The van der Waals surface area contributed by atoms with E-state index in [1.807, 2.05) is 6.92 Å². The van der Waals surface area contributed by atoms with Gasteiger partial charge in [0.25, 0.3) is 5.22 Å². The molecule has 1 unspecified atom stereocenters. The Morgan fingerprint density at radius 3 is 3.25 bits per heavy atom. The van der Waals surface area contributed by atoms with E-state index < -0.39 is 0 Å². The minimum atomic E-state index is 0.642. The minimum absolute atomic E-state index is 0.642. The molecule has 0 radical (unpaired) electrons. The predicted octanol–water partition coefficient (Wildman–Crippen LogP) is 1.44. The first-order valence-electron chi connectivity index (χ1n) is 4.14. The standard InChI is InChI=1S/C8H12N2OS/c1-6-5-11-8(10-6)12-7-2-3-9-4-7/h5,7,9H,2-4H2,1H3. The molecule has 1 aromatic rings. The largest absolute Gasteiger partial charge is 0.440 e. The van der Waals surface area contributed by atoms with Gasteiger partial charge < -0.3 is 9.73 Å². The molecule has 0 amide bonds. The predicted molar refractivity (Wildman–Crippen MR) is 48.4 cm³/mol. The van der Waals surface area contributed by atoms with E-state index in [0.717, 1.165) is 24.0 Å². The molecule has 1 aliphatic rings. The summed E-state index contributed by atoms with van der Waals surface area (Å²) in [6.45, 7) is 4.14. The fourth-order valence-corrected chi connectivity index (χ4v) is 2.28. The van der Waals surface area contributed by atoms with Gasteiger partial charge >= 0.3 is 0 Å². The number of aromatic nitrogens is 1. The van der Waals surface area contributed by atoms with Crippen LogP contribution in [0.4, 0.5) is 0 Å². The first-order valence-corrected chi connectivity index (χ1v) is 5.02. The van der Waals surface area contributed by atoms with Gasteiger partial charge in [0.2, 0.25) is 0 Å². The molecule has 0 bridgehead atoms. The van der Waals surface area contributed by atoms with Crippen LogP contribution >= 0.6 is 11.8 Å². The molecule has 0 aliphatic carbocycles. The van der Waals surface area contributed by atoms with Crippen molar-refractivity contribution in [3.8, 4) is 0 Å². The lowest BCUT2D eigenvalue weighted by Crippen LogP contribution is -2.09. The second-order valence-corrected chi connectivity index (χ2v) is 4.24. The summed E-state index contributed by atoms with van der Waals surface area (Å²) >= 11 is 1.73. The van der Waals surface area contributed by atoms with Crippen molar-refractivity contribution in [3.05, 3.63) is 12.0 Å². The average molecular weight is 184 g/mol. The van der Waals surface area contributed by atoms with Crippen LogP contribution in [0.1, 0.15) is 12.1 Å². The third-order valence-corrected chi connectivity index (χ3v) is 3.01. The highest BCUT2D eigenvalue weighted by Gasteiger charge is 2.17. The molecule has 0 aromatic carbocycles. The molecule has 1 aromatic heterocycles. The van der Waals surface area contributed by atoms with E-state index in [-0.39, 0.29) is 0 Å². The maximum absolute atomic E-state index is 5.25. The van der Waals surface area contributed by atoms with Crippen molar-refractivity contribution in [2.45, 2.75) is 23.8 Å². The van der Waals surface area contributed by atoms with Crippen LogP contribution < -0.4 is 5.32 Å². The van der Waals surface area contributed by atoms with Crippen molar-refractivity contribution in [1.29, 1.82) is 0 Å². The Bertz CT molecular complexity index is 255. The van der Waals surface area contributed by atoms with Gasteiger partial charge in [-0.1, -0.05) is 11.8 Å². The van der Waals surface area contributed by atoms with Gasteiger partial charge in [-0.25, -0.2) is 4.98 Å². The zero-order valence-corrected chi connectivity index (χ0v) is 7.86. The third-order valence-electron chi connectivity index (χ3n) is 1.88. The molecule has 1 N–H and O–H groups in total. The zero-order chi connectivity index (χ0) is 8.39. The van der Waals surface area contributed by atoms with Crippen molar-refractivity contribution in [1.82, 2.24) is 10.3 Å². The van der Waals surface area contributed by atoms with Gasteiger partial charge in [0.05, 0.1) is 5.69 Å². The first-order chi connectivity index (χ1) is 5.84. The molecule has 2 rings (SSSR count). The van der Waals surface area contributed by atoms with E-state index in [0.29, 0.717) is 5.25 Å². The van der Waals surface area contributed by atoms with Crippen molar-refractivity contribution < 1.29 is 4.42 Å². The fraction of sp³-hybridized carbons (Fsp3) is 0.625. The summed E-state index contributed by atoms with van der Waals surface area (Å²) in [5.74, 6) is 0. The highest BCUT2D eigenvalue weighted by atomic mass is 32.2. The Balaban J connectivity index is 1.94. The number of hydrogen-bond acceptors (Lipinski definition) is 4. The number of rotatable bonds is 2. The molecule has 1 atom stereocenters. The zero-order valence-electron chi connectivity index (χ0n) is 7.04. The molecule has 12 heavy (non-hydrogen) atoms. The lowest BCUT2D eigenvalue weighted by atomic mass is 10.4. The summed E-state index contributed by atoms with van der Waals surface area (Å²) in [4.78, 5) is 4.24. The lowest BCUT2D eigenvalue weighted by molar-refractivity contribution is 0.453. The molecule has 4 heteroatoms. The Hall–Kier alpha value is -0.480. The van der Waals surface area contributed by atoms with Crippen LogP contribution in [-0.2, 0) is 0 Å². The van der Waals surface area contributed by atoms with Crippen LogP contribution in [0.15, 0.2) is 15.9 Å². The summed E-state index contributed by atoms with van der Waals surface area (Å²) < 4.78 is 5.25. The van der Waals surface area contributed by atoms with E-state index >= 15 is 0 Å². The van der Waals surface area contributed by atoms with E-state index in [1.165, 1.54) is 6.42 Å². The van der Waals surface area contributed by atoms with Crippen molar-refractivity contribution in [3.63, 3.8) is 0 Å². The molecule has 3 nitrogen and oxygen atoms in total. The summed E-state index contributed by atoms with van der Waals surface area (Å²) in [5.41, 5.74) is 0.962. The Labute approximate surface area is 75.9 Å². The normalized spacial score (nSPS) is 23.2. The minimum Gasteiger partial charge on any atom is -0.440 e. The maximum Gasteiger partial charge on any atom is 0.256 e. The number of nitrogens with one attached hydrogen (secondary N) is 1. The van der Waals surface area contributed by atoms with E-state index in [1.54, 1.807) is 18.0 Å². The van der Waals surface area contributed by atoms with Gasteiger partial charge in [0, 0.05) is 11.8 Å². The molecular weight excluding hydrogens is 172 g/mol. The lowest BCUT2D eigenvalue weighted by Gasteiger charge is -2.01. The summed E-state index contributed by atoms with van der Waals surface area (Å²) in [6.07, 6.45) is 2.91. The van der Waals surface area contributed by atoms with Gasteiger partial charge in [-0.3, -0.25) is 0 Å². The van der Waals surface area contributed by atoms with Gasteiger partial charge in [-0.2, -0.15) is 0 Å². The van der Waals surface area contributed by atoms with E-state index in [2.05, 4.69) is 10.3 Å². The first kappa shape index (κ1) is 8.13. The van der Waals surface area contributed by atoms with Gasteiger partial charge in [-0.05, 0) is 19.9 Å². The van der Waals surface area contributed by atoms with E-state index in [9.17, 15) is 0 Å². The van der Waals surface area contributed by atoms with Crippen LogP contribution in [0.2, 0.25) is 0 Å². The van der Waals surface area contributed by atoms with Crippen molar-refractivity contribution in [2.24, 2.45) is 0 Å². The molecular formula is C8H12N2OS. The Morgan fingerprint density at radius 1 is 1.75 bits per heavy atom. The van der Waals surface area contributed by atoms with Crippen LogP contribution in [-0.4, -0.2) is 23.3 Å². The number of thioether (sulfide) groups is 1. The number of hydrogen-bond donors (Lipinski definition) is 1. The number of aryl methyl sites for hydroxylation is 1. The van der Waals surface area contributed by atoms with Crippen molar-refractivity contribution >= 4 is 11.8 Å². The quantitative estimate of drug-likeness (QED) is 0.754. The summed E-state index contributed by atoms with van der Waals surface area (Å²) in [7, 11) is 0. The molecule has 1 fully saturated rings. The van der Waals surface area contributed by atoms with Crippen LogP contribution in [0.5, 0.6) is 0 Å². The third kappa shape index (κ3) is 1.81. The fourth-order valence-electron chi connectivity index (χ4n) is 1.26. The number of oxazole rings is 1. The Kier molecular flexibility index (Phi) is 2.37. The smallest absolute Gasteiger partial charge is 0.256 e. The molecule has 66 valence electrons. The molecule has 0 spiro atoms. The second kappa shape index (κ2) is 3.49. The highest BCUT2D eigenvalue weighted by Crippen LogP contribution is 2.25. The summed E-state index contributed by atoms with van der Waals surface area (Å²) in [5, 5.41) is 4.76. The second-order valence-electron chi connectivity index (χ2n) is 2.99. The number of nitrogens with zero attached hydrogens (tertiary/aromatic N) is 1. The SMILES string of the molecule is Cc1coc(SC2CCNC2)n1. The van der Waals surface area contributed by atoms with E-state index in [4.69, 9.17) is 4.42 Å². The summed E-state index contributed by atoms with van der Waals surface area (Å²) in [6, 6.07) is 0. The van der Waals surface area contributed by atoms with Gasteiger partial charge in [0.15, 0.2) is 0 Å². The topological polar surface area (TPSA) is 38.1 Å². The van der Waals surface area contributed by atoms with Crippen LogP contribution in [0, 0.1) is 6.92 Å². The average Bonchev–Trinajstić information content (AvgIpc) is 2.63. The molecule has 1 aliphatic heterocycles. The van der Waals surface area contributed by atoms with Crippen molar-refractivity contribution in [2.75, 3.05) is 13.1 Å².